The van der Waals surface area contributed by atoms with E-state index in [0.29, 0.717) is 12.3 Å². The van der Waals surface area contributed by atoms with Gasteiger partial charge >= 0.3 is 0 Å². The first kappa shape index (κ1) is 22.9. The third kappa shape index (κ3) is 7.51. The standard InChI is InChI=1S/C18H30N4O2S2.HI/c1-2-19-18(21-16-7-11-26(23,24)14-16)20-12-15-5-8-22(9-6-15)13-17-4-3-10-25-17;/h3-4,10,15-16H,2,5-9,11-14H2,1H3,(H2,19,20,21);1H. The van der Waals surface area contributed by atoms with Crippen molar-refractivity contribution < 1.29 is 8.42 Å². The maximum Gasteiger partial charge on any atom is 0.191 e. The van der Waals surface area contributed by atoms with E-state index in [1.54, 1.807) is 0 Å². The Morgan fingerprint density at radius 1 is 1.33 bits per heavy atom. The van der Waals surface area contributed by atoms with Crippen LogP contribution in [-0.4, -0.2) is 63.0 Å². The average Bonchev–Trinajstić information content (AvgIpc) is 3.23. The van der Waals surface area contributed by atoms with Crippen LogP contribution in [-0.2, 0) is 16.4 Å². The van der Waals surface area contributed by atoms with Crippen molar-refractivity contribution in [2.24, 2.45) is 10.9 Å². The Hall–Kier alpha value is -0.390. The van der Waals surface area contributed by atoms with Crippen LogP contribution >= 0.6 is 35.3 Å². The van der Waals surface area contributed by atoms with Crippen molar-refractivity contribution in [3.05, 3.63) is 22.4 Å². The van der Waals surface area contributed by atoms with Crippen LogP contribution in [0.2, 0.25) is 0 Å². The summed E-state index contributed by atoms with van der Waals surface area (Å²) in [5.41, 5.74) is 0. The number of rotatable bonds is 6. The molecule has 0 aliphatic carbocycles. The van der Waals surface area contributed by atoms with E-state index in [1.165, 1.54) is 17.7 Å². The molecule has 2 fully saturated rings. The summed E-state index contributed by atoms with van der Waals surface area (Å²) in [5.74, 6) is 1.87. The molecular weight excluding hydrogens is 495 g/mol. The summed E-state index contributed by atoms with van der Waals surface area (Å²) in [7, 11) is -2.87. The number of thiophene rings is 1. The first-order chi connectivity index (χ1) is 12.5. The molecule has 1 aromatic rings. The van der Waals surface area contributed by atoms with E-state index >= 15 is 0 Å². The molecule has 0 amide bonds. The van der Waals surface area contributed by atoms with Crippen molar-refractivity contribution in [2.75, 3.05) is 37.7 Å². The van der Waals surface area contributed by atoms with Crippen LogP contribution in [0.1, 0.15) is 31.1 Å². The number of nitrogens with zero attached hydrogens (tertiary/aromatic N) is 2. The zero-order valence-electron chi connectivity index (χ0n) is 15.9. The molecular formula is C18H31IN4O2S2. The molecule has 0 spiro atoms. The number of guanidine groups is 1. The summed E-state index contributed by atoms with van der Waals surface area (Å²) in [6.07, 6.45) is 3.02. The first-order valence-corrected chi connectivity index (χ1v) is 12.2. The minimum atomic E-state index is -2.87. The summed E-state index contributed by atoms with van der Waals surface area (Å²) in [6.45, 7) is 6.94. The maximum absolute atomic E-state index is 11.6. The molecule has 0 saturated carbocycles. The van der Waals surface area contributed by atoms with Gasteiger partial charge in [0.05, 0.1) is 11.5 Å². The number of aliphatic imine (C=N–C) groups is 1. The van der Waals surface area contributed by atoms with Crippen molar-refractivity contribution in [2.45, 2.75) is 38.8 Å². The van der Waals surface area contributed by atoms with Crippen molar-refractivity contribution in [3.63, 3.8) is 0 Å². The molecule has 3 rings (SSSR count). The van der Waals surface area contributed by atoms with Crippen LogP contribution in [0, 0.1) is 5.92 Å². The number of hydrogen-bond donors (Lipinski definition) is 2. The van der Waals surface area contributed by atoms with Crippen molar-refractivity contribution in [1.82, 2.24) is 15.5 Å². The average molecular weight is 527 g/mol. The Balaban J connectivity index is 0.00000261. The number of sulfone groups is 1. The second-order valence-corrected chi connectivity index (χ2v) is 10.5. The van der Waals surface area contributed by atoms with Gasteiger partial charge in [0.1, 0.15) is 0 Å². The van der Waals surface area contributed by atoms with E-state index < -0.39 is 9.84 Å². The molecule has 3 heterocycles. The fraction of sp³-hybridized carbons (Fsp3) is 0.722. The number of likely N-dealkylation sites (tertiary alicyclic amines) is 1. The normalized spacial score (nSPS) is 23.7. The lowest BCUT2D eigenvalue weighted by Gasteiger charge is -2.31. The molecule has 2 N–H and O–H groups in total. The van der Waals surface area contributed by atoms with E-state index in [4.69, 9.17) is 4.99 Å². The lowest BCUT2D eigenvalue weighted by Crippen LogP contribution is -2.44. The van der Waals surface area contributed by atoms with Gasteiger partial charge in [-0.05, 0) is 56.6 Å². The van der Waals surface area contributed by atoms with Gasteiger partial charge in [-0.25, -0.2) is 8.42 Å². The number of hydrogen-bond acceptors (Lipinski definition) is 5. The molecule has 0 radical (unpaired) electrons. The third-order valence-corrected chi connectivity index (χ3v) is 7.72. The van der Waals surface area contributed by atoms with E-state index in [1.807, 2.05) is 18.3 Å². The van der Waals surface area contributed by atoms with Gasteiger partial charge in [-0.1, -0.05) is 6.07 Å². The Labute approximate surface area is 184 Å². The molecule has 1 aromatic heterocycles. The SMILES string of the molecule is CCNC(=NCC1CCN(Cc2cccs2)CC1)NC1CCS(=O)(=O)C1.I. The molecule has 2 aliphatic heterocycles. The summed E-state index contributed by atoms with van der Waals surface area (Å²) >= 11 is 1.83. The summed E-state index contributed by atoms with van der Waals surface area (Å²) in [5, 5.41) is 8.69. The van der Waals surface area contributed by atoms with E-state index in [-0.39, 0.29) is 41.5 Å². The summed E-state index contributed by atoms with van der Waals surface area (Å²) in [6, 6.07) is 4.32. The molecule has 2 saturated heterocycles. The fourth-order valence-electron chi connectivity index (χ4n) is 3.59. The van der Waals surface area contributed by atoms with Crippen LogP contribution in [0.5, 0.6) is 0 Å². The minimum Gasteiger partial charge on any atom is -0.357 e. The van der Waals surface area contributed by atoms with Gasteiger partial charge in [-0.3, -0.25) is 9.89 Å². The van der Waals surface area contributed by atoms with Gasteiger partial charge < -0.3 is 10.6 Å². The third-order valence-electron chi connectivity index (χ3n) is 5.09. The monoisotopic (exact) mass is 526 g/mol. The smallest absolute Gasteiger partial charge is 0.191 e. The summed E-state index contributed by atoms with van der Waals surface area (Å²) in [4.78, 5) is 8.70. The highest BCUT2D eigenvalue weighted by Crippen LogP contribution is 2.21. The maximum atomic E-state index is 11.6. The van der Waals surface area contributed by atoms with Gasteiger partial charge in [0.25, 0.3) is 0 Å². The van der Waals surface area contributed by atoms with E-state index in [0.717, 1.165) is 38.7 Å². The Kier molecular flexibility index (Phi) is 9.30. The predicted octanol–water partition coefficient (Wildman–Crippen LogP) is 2.32. The molecule has 1 atom stereocenters. The highest BCUT2D eigenvalue weighted by atomic mass is 127. The molecule has 27 heavy (non-hydrogen) atoms. The topological polar surface area (TPSA) is 73.8 Å². The van der Waals surface area contributed by atoms with Crippen LogP contribution in [0.3, 0.4) is 0 Å². The summed E-state index contributed by atoms with van der Waals surface area (Å²) < 4.78 is 23.3. The quantitative estimate of drug-likeness (QED) is 0.338. The van der Waals surface area contributed by atoms with Crippen molar-refractivity contribution in [1.29, 1.82) is 0 Å². The van der Waals surface area contributed by atoms with Crippen LogP contribution < -0.4 is 10.6 Å². The molecule has 9 heteroatoms. The second kappa shape index (κ2) is 11.0. The number of piperidine rings is 1. The second-order valence-electron chi connectivity index (χ2n) is 7.26. The molecule has 6 nitrogen and oxygen atoms in total. The molecule has 0 aromatic carbocycles. The molecule has 0 bridgehead atoms. The van der Waals surface area contributed by atoms with Crippen LogP contribution in [0.4, 0.5) is 0 Å². The zero-order chi connectivity index (χ0) is 18.4. The Morgan fingerprint density at radius 3 is 2.70 bits per heavy atom. The Bertz CT molecular complexity index is 686. The first-order valence-electron chi connectivity index (χ1n) is 9.54. The van der Waals surface area contributed by atoms with Crippen molar-refractivity contribution in [3.8, 4) is 0 Å². The highest BCUT2D eigenvalue weighted by Gasteiger charge is 2.28. The zero-order valence-corrected chi connectivity index (χ0v) is 19.9. The Morgan fingerprint density at radius 2 is 2.11 bits per heavy atom. The number of halogens is 1. The van der Waals surface area contributed by atoms with E-state index in [9.17, 15) is 8.42 Å². The highest BCUT2D eigenvalue weighted by molar-refractivity contribution is 14.0. The van der Waals surface area contributed by atoms with Gasteiger partial charge in [0.2, 0.25) is 0 Å². The lowest BCUT2D eigenvalue weighted by molar-refractivity contribution is 0.182. The van der Waals surface area contributed by atoms with Gasteiger partial charge in [0.15, 0.2) is 15.8 Å². The molecule has 154 valence electrons. The van der Waals surface area contributed by atoms with Crippen molar-refractivity contribution >= 4 is 51.1 Å². The largest absolute Gasteiger partial charge is 0.357 e. The van der Waals surface area contributed by atoms with Gasteiger partial charge in [-0.2, -0.15) is 0 Å². The van der Waals surface area contributed by atoms with E-state index in [2.05, 4.69) is 33.0 Å². The van der Waals surface area contributed by atoms with Gasteiger partial charge in [0, 0.05) is 30.6 Å². The molecule has 1 unspecified atom stereocenters. The molecule has 2 aliphatic rings. The lowest BCUT2D eigenvalue weighted by atomic mass is 9.97. The predicted molar refractivity (Wildman–Crippen MR) is 124 cm³/mol. The minimum absolute atomic E-state index is 0. The van der Waals surface area contributed by atoms with Crippen LogP contribution in [0.25, 0.3) is 0 Å². The van der Waals surface area contributed by atoms with Crippen LogP contribution in [0.15, 0.2) is 22.5 Å². The van der Waals surface area contributed by atoms with Gasteiger partial charge in [-0.15, -0.1) is 35.3 Å². The fourth-order valence-corrected chi connectivity index (χ4v) is 6.01. The number of nitrogens with one attached hydrogen (secondary N) is 2.